The summed E-state index contributed by atoms with van der Waals surface area (Å²) in [7, 11) is -3.91. The fourth-order valence-corrected chi connectivity index (χ4v) is 5.45. The van der Waals surface area contributed by atoms with Gasteiger partial charge in [-0.25, -0.2) is 13.2 Å². The molecular weight excluding hydrogens is 462 g/mol. The molecule has 0 unspecified atom stereocenters. The fourth-order valence-electron chi connectivity index (χ4n) is 4.37. The zero-order valence-electron chi connectivity index (χ0n) is 20.1. The minimum absolute atomic E-state index is 0.0530. The molecule has 35 heavy (non-hydrogen) atoms. The molecule has 0 spiro atoms. The van der Waals surface area contributed by atoms with E-state index in [4.69, 9.17) is 0 Å². The second-order valence-electron chi connectivity index (χ2n) is 8.85. The Bertz CT molecular complexity index is 1300. The van der Waals surface area contributed by atoms with Gasteiger partial charge in [0.1, 0.15) is 0 Å². The molecule has 0 radical (unpaired) electrons. The number of carboxylic acids is 1. The first-order valence-corrected chi connectivity index (χ1v) is 13.3. The molecule has 1 heterocycles. The van der Waals surface area contributed by atoms with Crippen molar-refractivity contribution in [2.24, 2.45) is 0 Å². The number of anilines is 3. The van der Waals surface area contributed by atoms with Crippen LogP contribution >= 0.6 is 0 Å². The molecule has 0 aromatic heterocycles. The van der Waals surface area contributed by atoms with Gasteiger partial charge >= 0.3 is 5.97 Å². The summed E-state index contributed by atoms with van der Waals surface area (Å²) in [6.45, 7) is 7.24. The zero-order valence-corrected chi connectivity index (χ0v) is 20.9. The van der Waals surface area contributed by atoms with Gasteiger partial charge in [-0.15, -0.1) is 0 Å². The highest BCUT2D eigenvalue weighted by atomic mass is 32.2. The Hall–Kier alpha value is -3.52. The number of aryl methyl sites for hydroxylation is 2. The molecule has 1 fully saturated rings. The summed E-state index contributed by atoms with van der Waals surface area (Å²) < 4.78 is 28.3. The van der Waals surface area contributed by atoms with Crippen molar-refractivity contribution in [3.8, 4) is 0 Å². The van der Waals surface area contributed by atoms with Crippen LogP contribution < -0.4 is 14.5 Å². The maximum atomic E-state index is 12.9. The van der Waals surface area contributed by atoms with Crippen LogP contribution in [0.3, 0.4) is 0 Å². The van der Waals surface area contributed by atoms with Crippen LogP contribution in [0.5, 0.6) is 0 Å². The van der Waals surface area contributed by atoms with Gasteiger partial charge in [-0.3, -0.25) is 4.72 Å². The van der Waals surface area contributed by atoms with Gasteiger partial charge in [-0.2, -0.15) is 0 Å². The summed E-state index contributed by atoms with van der Waals surface area (Å²) >= 11 is 0. The highest BCUT2D eigenvalue weighted by Crippen LogP contribution is 2.28. The number of aromatic carboxylic acids is 1. The second kappa shape index (κ2) is 10.4. The van der Waals surface area contributed by atoms with Crippen LogP contribution in [0.25, 0.3) is 0 Å². The third kappa shape index (κ3) is 5.77. The number of benzene rings is 3. The molecule has 3 aromatic rings. The van der Waals surface area contributed by atoms with E-state index in [0.29, 0.717) is 0 Å². The average molecular weight is 494 g/mol. The minimum atomic E-state index is -3.91. The average Bonchev–Trinajstić information content (AvgIpc) is 2.85. The lowest BCUT2D eigenvalue weighted by atomic mass is 10.1. The number of nitrogens with zero attached hydrogens (tertiary/aromatic N) is 2. The van der Waals surface area contributed by atoms with Crippen LogP contribution in [-0.4, -0.2) is 45.7 Å². The molecule has 3 aromatic carbocycles. The summed E-state index contributed by atoms with van der Waals surface area (Å²) in [5.41, 5.74) is 4.20. The van der Waals surface area contributed by atoms with Gasteiger partial charge in [-0.1, -0.05) is 37.6 Å². The Labute approximate surface area is 207 Å². The molecule has 0 bridgehead atoms. The molecule has 1 aliphatic rings. The molecule has 0 saturated carbocycles. The molecule has 7 nitrogen and oxygen atoms in total. The number of rotatable bonds is 8. The normalized spacial score (nSPS) is 14.1. The summed E-state index contributed by atoms with van der Waals surface area (Å²) in [5, 5.41) is 9.81. The maximum Gasteiger partial charge on any atom is 0.337 e. The third-order valence-electron chi connectivity index (χ3n) is 6.26. The van der Waals surface area contributed by atoms with Crippen LogP contribution in [-0.2, 0) is 16.4 Å². The lowest BCUT2D eigenvalue weighted by Gasteiger charge is -2.37. The second-order valence-corrected chi connectivity index (χ2v) is 10.5. The molecule has 4 rings (SSSR count). The van der Waals surface area contributed by atoms with Gasteiger partial charge in [-0.05, 0) is 66.9 Å². The predicted octanol–water partition coefficient (Wildman–Crippen LogP) is 4.77. The molecule has 0 amide bonds. The van der Waals surface area contributed by atoms with Crippen LogP contribution in [0.1, 0.15) is 34.8 Å². The number of sulfonamides is 1. The van der Waals surface area contributed by atoms with E-state index in [1.54, 1.807) is 36.4 Å². The Balaban J connectivity index is 1.50. The Morgan fingerprint density at radius 2 is 1.54 bits per heavy atom. The van der Waals surface area contributed by atoms with E-state index in [9.17, 15) is 18.3 Å². The first kappa shape index (κ1) is 24.6. The number of carbonyl (C=O) groups is 1. The number of hydrogen-bond acceptors (Lipinski definition) is 5. The summed E-state index contributed by atoms with van der Waals surface area (Å²) in [6.07, 6.45) is 1.84. The third-order valence-corrected chi connectivity index (χ3v) is 7.64. The molecule has 2 N–H and O–H groups in total. The number of nitrogens with one attached hydrogen (secondary N) is 1. The molecule has 1 saturated heterocycles. The van der Waals surface area contributed by atoms with Crippen molar-refractivity contribution in [3.63, 3.8) is 0 Å². The highest BCUT2D eigenvalue weighted by Gasteiger charge is 2.22. The van der Waals surface area contributed by atoms with Crippen molar-refractivity contribution in [1.82, 2.24) is 0 Å². The highest BCUT2D eigenvalue weighted by molar-refractivity contribution is 7.92. The number of piperazine rings is 1. The Morgan fingerprint density at radius 3 is 2.11 bits per heavy atom. The SMILES string of the molecule is CCCc1ccc(S(=O)(=O)Nc2ccc(N3CCN(c4cccc(C)c4)CC3)cc2C(=O)O)cc1. The van der Waals surface area contributed by atoms with Crippen molar-refractivity contribution in [1.29, 1.82) is 0 Å². The minimum Gasteiger partial charge on any atom is -0.478 e. The van der Waals surface area contributed by atoms with Crippen LogP contribution in [0.2, 0.25) is 0 Å². The Morgan fingerprint density at radius 1 is 0.914 bits per heavy atom. The van der Waals surface area contributed by atoms with Gasteiger partial charge in [0, 0.05) is 37.6 Å². The summed E-state index contributed by atoms with van der Waals surface area (Å²) in [5.74, 6) is -1.18. The summed E-state index contributed by atoms with van der Waals surface area (Å²) in [4.78, 5) is 16.5. The first-order valence-electron chi connectivity index (χ1n) is 11.8. The summed E-state index contributed by atoms with van der Waals surface area (Å²) in [6, 6.07) is 19.9. The van der Waals surface area contributed by atoms with E-state index in [2.05, 4.69) is 52.6 Å². The molecule has 8 heteroatoms. The van der Waals surface area contributed by atoms with E-state index in [1.165, 1.54) is 17.3 Å². The van der Waals surface area contributed by atoms with Crippen LogP contribution in [0, 0.1) is 6.92 Å². The monoisotopic (exact) mass is 493 g/mol. The van der Waals surface area contributed by atoms with E-state index in [-0.39, 0.29) is 16.1 Å². The van der Waals surface area contributed by atoms with Gasteiger partial charge in [0.2, 0.25) is 0 Å². The van der Waals surface area contributed by atoms with Gasteiger partial charge in [0.15, 0.2) is 0 Å². The van der Waals surface area contributed by atoms with Crippen LogP contribution in [0.4, 0.5) is 17.1 Å². The van der Waals surface area contributed by atoms with Crippen molar-refractivity contribution in [2.45, 2.75) is 31.6 Å². The van der Waals surface area contributed by atoms with Crippen molar-refractivity contribution >= 4 is 33.1 Å². The van der Waals surface area contributed by atoms with E-state index < -0.39 is 16.0 Å². The van der Waals surface area contributed by atoms with Crippen molar-refractivity contribution in [3.05, 3.63) is 83.4 Å². The zero-order chi connectivity index (χ0) is 25.0. The molecule has 0 atom stereocenters. The topological polar surface area (TPSA) is 90.0 Å². The quantitative estimate of drug-likeness (QED) is 0.470. The predicted molar refractivity (Wildman–Crippen MR) is 140 cm³/mol. The number of carboxylic acid groups (broad SMARTS) is 1. The van der Waals surface area contributed by atoms with Crippen molar-refractivity contribution < 1.29 is 18.3 Å². The smallest absolute Gasteiger partial charge is 0.337 e. The molecular formula is C27H31N3O4S. The standard InChI is InChI=1S/C27H31N3O4S/c1-3-5-21-8-11-24(12-9-21)35(33,34)28-26-13-10-23(19-25(26)27(31)32)30-16-14-29(15-17-30)22-7-4-6-20(2)18-22/h4,6-13,18-19,28H,3,5,14-17H2,1-2H3,(H,31,32). The van der Waals surface area contributed by atoms with Gasteiger partial charge < -0.3 is 14.9 Å². The van der Waals surface area contributed by atoms with E-state index in [1.807, 2.05) is 0 Å². The van der Waals surface area contributed by atoms with Gasteiger partial charge in [0.25, 0.3) is 10.0 Å². The van der Waals surface area contributed by atoms with E-state index in [0.717, 1.165) is 50.3 Å². The molecule has 0 aliphatic carbocycles. The lowest BCUT2D eigenvalue weighted by Crippen LogP contribution is -2.46. The molecule has 184 valence electrons. The van der Waals surface area contributed by atoms with E-state index >= 15 is 0 Å². The van der Waals surface area contributed by atoms with Crippen LogP contribution in [0.15, 0.2) is 71.6 Å². The molecule has 1 aliphatic heterocycles. The first-order chi connectivity index (χ1) is 16.8. The lowest BCUT2D eigenvalue weighted by molar-refractivity contribution is 0.0698. The Kier molecular flexibility index (Phi) is 7.31. The largest absolute Gasteiger partial charge is 0.478 e. The van der Waals surface area contributed by atoms with Crippen molar-refractivity contribution in [2.75, 3.05) is 40.7 Å². The fraction of sp³-hybridized carbons (Fsp3) is 0.296. The number of hydrogen-bond donors (Lipinski definition) is 2. The maximum absolute atomic E-state index is 12.9. The van der Waals surface area contributed by atoms with Gasteiger partial charge in [0.05, 0.1) is 16.1 Å².